The average Bonchev–Trinajstić information content (AvgIpc) is 3.37. The van der Waals surface area contributed by atoms with E-state index in [2.05, 4.69) is 5.32 Å². The van der Waals surface area contributed by atoms with E-state index >= 15 is 0 Å². The molecular weight excluding hydrogens is 401 g/mol. The number of hydrogen-bond acceptors (Lipinski definition) is 5. The van der Waals surface area contributed by atoms with Gasteiger partial charge in [-0.3, -0.25) is 9.36 Å². The van der Waals surface area contributed by atoms with Gasteiger partial charge in [0.2, 0.25) is 0 Å². The molecule has 7 nitrogen and oxygen atoms in total. The molecule has 1 spiro atoms. The summed E-state index contributed by atoms with van der Waals surface area (Å²) in [7, 11) is 0. The minimum atomic E-state index is -1.06. The van der Waals surface area contributed by atoms with Crippen molar-refractivity contribution in [2.75, 3.05) is 18.5 Å². The van der Waals surface area contributed by atoms with Crippen molar-refractivity contribution >= 4 is 22.6 Å². The number of carboxylic acids is 1. The Balaban J connectivity index is 1.65. The van der Waals surface area contributed by atoms with Gasteiger partial charge in [-0.2, -0.15) is 0 Å². The summed E-state index contributed by atoms with van der Waals surface area (Å²) < 4.78 is 21.8. The maximum atomic E-state index is 14.5. The second-order valence-corrected chi connectivity index (χ2v) is 8.33. The summed E-state index contributed by atoms with van der Waals surface area (Å²) in [5.74, 6) is -0.885. The van der Waals surface area contributed by atoms with E-state index in [0.29, 0.717) is 42.4 Å². The second kappa shape index (κ2) is 7.16. The molecule has 8 heteroatoms. The molecule has 2 aliphatic heterocycles. The van der Waals surface area contributed by atoms with Gasteiger partial charge in [0.15, 0.2) is 0 Å². The van der Waals surface area contributed by atoms with E-state index in [9.17, 15) is 19.1 Å². The van der Waals surface area contributed by atoms with Crippen molar-refractivity contribution in [3.63, 3.8) is 0 Å². The predicted molar refractivity (Wildman–Crippen MR) is 113 cm³/mol. The van der Waals surface area contributed by atoms with Gasteiger partial charge in [0, 0.05) is 24.4 Å². The van der Waals surface area contributed by atoms with Gasteiger partial charge in [-0.05, 0) is 44.0 Å². The molecule has 1 fully saturated rings. The van der Waals surface area contributed by atoms with Crippen molar-refractivity contribution in [1.29, 1.82) is 0 Å². The molecule has 31 heavy (non-hydrogen) atoms. The van der Waals surface area contributed by atoms with Crippen LogP contribution in [-0.4, -0.2) is 33.8 Å². The second-order valence-electron chi connectivity index (χ2n) is 8.33. The first kappa shape index (κ1) is 19.7. The van der Waals surface area contributed by atoms with Gasteiger partial charge in [0.1, 0.15) is 11.6 Å². The fraction of sp³-hybridized carbons (Fsp3) is 0.348. The number of aromatic carboxylic acids is 1. The number of hydrogen-bond donors (Lipinski definition) is 2. The van der Waals surface area contributed by atoms with Gasteiger partial charge >= 0.3 is 5.97 Å². The number of ether oxygens (including phenoxy) is 1. The van der Waals surface area contributed by atoms with Gasteiger partial charge in [-0.25, -0.2) is 14.2 Å². The van der Waals surface area contributed by atoms with Gasteiger partial charge in [-0.1, -0.05) is 12.1 Å². The fourth-order valence-corrected chi connectivity index (χ4v) is 4.78. The largest absolute Gasteiger partial charge is 0.478 e. The predicted octanol–water partition coefficient (Wildman–Crippen LogP) is 3.47. The molecule has 2 aliphatic rings. The van der Waals surface area contributed by atoms with Crippen LogP contribution >= 0.6 is 0 Å². The Morgan fingerprint density at radius 1 is 1.32 bits per heavy atom. The molecule has 2 atom stereocenters. The first-order chi connectivity index (χ1) is 14.9. The molecule has 0 aliphatic carbocycles. The minimum absolute atomic E-state index is 0.117. The molecule has 5 rings (SSSR count). The topological polar surface area (TPSA) is 93.5 Å². The lowest BCUT2D eigenvalue weighted by molar-refractivity contribution is 0.0698. The van der Waals surface area contributed by atoms with Crippen molar-refractivity contribution in [2.45, 2.75) is 37.8 Å². The summed E-state index contributed by atoms with van der Waals surface area (Å²) in [4.78, 5) is 29.6. The zero-order valence-corrected chi connectivity index (χ0v) is 17.0. The van der Waals surface area contributed by atoms with E-state index < -0.39 is 17.8 Å². The number of anilines is 1. The van der Waals surface area contributed by atoms with Gasteiger partial charge in [0.05, 0.1) is 34.5 Å². The van der Waals surface area contributed by atoms with Crippen LogP contribution in [0.3, 0.4) is 0 Å². The van der Waals surface area contributed by atoms with E-state index in [1.165, 1.54) is 18.2 Å². The standard InChI is InChI=1S/C23H22FN3O4/c1-13(25-18-5-3-2-4-15(18)21(29)30)16-10-14(24)11-17-19(16)26-22-23(7-9-31-12-23)6-8-27(22)20(17)28/h2-5,10-11,13,25H,6-9,12H2,1H3,(H,29,30)/t13-,23-/m1/s1. The Bertz CT molecular complexity index is 1260. The molecule has 2 N–H and O–H groups in total. The Morgan fingerprint density at radius 3 is 2.87 bits per heavy atom. The third-order valence-electron chi connectivity index (χ3n) is 6.44. The fourth-order valence-electron chi connectivity index (χ4n) is 4.78. The van der Waals surface area contributed by atoms with E-state index in [4.69, 9.17) is 9.72 Å². The van der Waals surface area contributed by atoms with Crippen LogP contribution in [0.25, 0.3) is 10.9 Å². The molecule has 1 aromatic heterocycles. The van der Waals surface area contributed by atoms with Crippen molar-refractivity contribution in [2.24, 2.45) is 0 Å². The minimum Gasteiger partial charge on any atom is -0.478 e. The maximum absolute atomic E-state index is 14.5. The summed E-state index contributed by atoms with van der Waals surface area (Å²) >= 11 is 0. The number of para-hydroxylation sites is 1. The van der Waals surface area contributed by atoms with Crippen LogP contribution in [0.5, 0.6) is 0 Å². The SMILES string of the molecule is C[C@@H](Nc1ccccc1C(=O)O)c1cc(F)cc2c(=O)n3c(nc12)[C@@]1(CCOC1)CC3. The number of nitrogens with zero attached hydrogens (tertiary/aromatic N) is 2. The van der Waals surface area contributed by atoms with Crippen molar-refractivity contribution in [3.8, 4) is 0 Å². The van der Waals surface area contributed by atoms with Crippen LogP contribution in [0.2, 0.25) is 0 Å². The van der Waals surface area contributed by atoms with Crippen LogP contribution < -0.4 is 10.9 Å². The van der Waals surface area contributed by atoms with E-state index in [1.54, 1.807) is 29.7 Å². The van der Waals surface area contributed by atoms with Gasteiger partial charge in [-0.15, -0.1) is 0 Å². The normalized spacial score (nSPS) is 20.8. The highest BCUT2D eigenvalue weighted by molar-refractivity contribution is 5.94. The molecule has 0 unspecified atom stereocenters. The van der Waals surface area contributed by atoms with Gasteiger partial charge in [0.25, 0.3) is 5.56 Å². The van der Waals surface area contributed by atoms with Crippen LogP contribution in [0.1, 0.15) is 47.6 Å². The lowest BCUT2D eigenvalue weighted by atomic mass is 9.85. The molecule has 2 aromatic carbocycles. The molecule has 3 heterocycles. The Kier molecular flexibility index (Phi) is 4.55. The molecule has 0 bridgehead atoms. The highest BCUT2D eigenvalue weighted by Crippen LogP contribution is 2.40. The Labute approximate surface area is 177 Å². The van der Waals surface area contributed by atoms with Crippen molar-refractivity contribution in [3.05, 3.63) is 69.5 Å². The summed E-state index contributed by atoms with van der Waals surface area (Å²) in [6.45, 7) is 3.51. The molecule has 160 valence electrons. The number of aromatic nitrogens is 2. The van der Waals surface area contributed by atoms with Crippen molar-refractivity contribution in [1.82, 2.24) is 9.55 Å². The van der Waals surface area contributed by atoms with Gasteiger partial charge < -0.3 is 15.2 Å². The first-order valence-electron chi connectivity index (χ1n) is 10.3. The Hall–Kier alpha value is -3.26. The highest BCUT2D eigenvalue weighted by Gasteiger charge is 2.44. The summed E-state index contributed by atoms with van der Waals surface area (Å²) in [6, 6.07) is 8.65. The number of halogens is 1. The zero-order chi connectivity index (χ0) is 21.8. The maximum Gasteiger partial charge on any atom is 0.337 e. The molecule has 3 aromatic rings. The average molecular weight is 423 g/mol. The lowest BCUT2D eigenvalue weighted by Gasteiger charge is -2.22. The molecular formula is C23H22FN3O4. The third kappa shape index (κ3) is 3.09. The van der Waals surface area contributed by atoms with Crippen LogP contribution in [-0.2, 0) is 16.7 Å². The quantitative estimate of drug-likeness (QED) is 0.668. The summed E-state index contributed by atoms with van der Waals surface area (Å²) in [5, 5.41) is 12.8. The lowest BCUT2D eigenvalue weighted by Crippen LogP contribution is -2.29. The summed E-state index contributed by atoms with van der Waals surface area (Å²) in [5.41, 5.74) is 0.966. The zero-order valence-electron chi connectivity index (χ0n) is 17.0. The first-order valence-corrected chi connectivity index (χ1v) is 10.3. The van der Waals surface area contributed by atoms with E-state index in [1.807, 2.05) is 0 Å². The summed E-state index contributed by atoms with van der Waals surface area (Å²) in [6.07, 6.45) is 1.59. The number of carbonyl (C=O) groups is 1. The number of benzene rings is 2. The number of rotatable bonds is 4. The van der Waals surface area contributed by atoms with Crippen LogP contribution in [0, 0.1) is 5.82 Å². The molecule has 0 saturated carbocycles. The third-order valence-corrected chi connectivity index (χ3v) is 6.44. The molecule has 0 amide bonds. The smallest absolute Gasteiger partial charge is 0.337 e. The number of carboxylic acid groups (broad SMARTS) is 1. The van der Waals surface area contributed by atoms with Crippen molar-refractivity contribution < 1.29 is 19.0 Å². The van der Waals surface area contributed by atoms with E-state index in [0.717, 1.165) is 12.8 Å². The van der Waals surface area contributed by atoms with E-state index in [-0.39, 0.29) is 21.9 Å². The molecule has 0 radical (unpaired) electrons. The number of nitrogens with one attached hydrogen (secondary N) is 1. The number of fused-ring (bicyclic) bond motifs is 3. The van der Waals surface area contributed by atoms with Crippen LogP contribution in [0.4, 0.5) is 10.1 Å². The van der Waals surface area contributed by atoms with Crippen LogP contribution in [0.15, 0.2) is 41.2 Å². The highest BCUT2D eigenvalue weighted by atomic mass is 19.1. The molecule has 1 saturated heterocycles. The monoisotopic (exact) mass is 423 g/mol. The Morgan fingerprint density at radius 2 is 2.13 bits per heavy atom.